The highest BCUT2D eigenvalue weighted by atomic mass is 16.5. The van der Waals surface area contributed by atoms with Crippen LogP contribution in [-0.4, -0.2) is 41.7 Å². The van der Waals surface area contributed by atoms with Crippen molar-refractivity contribution in [2.75, 3.05) is 19.8 Å². The molecule has 0 saturated heterocycles. The molecule has 21 heavy (non-hydrogen) atoms. The highest BCUT2D eigenvalue weighted by Crippen LogP contribution is 2.25. The lowest BCUT2D eigenvalue weighted by Gasteiger charge is -2.37. The third-order valence-electron chi connectivity index (χ3n) is 4.09. The Morgan fingerprint density at radius 1 is 1.38 bits per heavy atom. The number of aryl methyl sites for hydroxylation is 2. The van der Waals surface area contributed by atoms with E-state index in [0.717, 1.165) is 29.7 Å². The first-order chi connectivity index (χ1) is 10.1. The lowest BCUT2D eigenvalue weighted by molar-refractivity contribution is -0.136. The Morgan fingerprint density at radius 3 is 2.76 bits per heavy atom. The van der Waals surface area contributed by atoms with Crippen LogP contribution in [0, 0.1) is 13.8 Å². The van der Waals surface area contributed by atoms with Crippen LogP contribution in [0.25, 0.3) is 0 Å². The molecule has 0 heterocycles. The first kappa shape index (κ1) is 15.8. The number of benzene rings is 1. The van der Waals surface area contributed by atoms with Crippen LogP contribution >= 0.6 is 0 Å². The zero-order chi connectivity index (χ0) is 15.2. The SMILES string of the molecule is Cc1ccc(C)c(OCCC(=O)N(CCO)C2CCC2)c1. The summed E-state index contributed by atoms with van der Waals surface area (Å²) in [6, 6.07) is 6.40. The molecule has 0 bridgehead atoms. The molecule has 1 fully saturated rings. The minimum atomic E-state index is 0.0279. The Hall–Kier alpha value is -1.55. The van der Waals surface area contributed by atoms with E-state index in [9.17, 15) is 4.79 Å². The van der Waals surface area contributed by atoms with Crippen molar-refractivity contribution in [2.24, 2.45) is 0 Å². The van der Waals surface area contributed by atoms with Crippen LogP contribution in [-0.2, 0) is 4.79 Å². The van der Waals surface area contributed by atoms with Crippen molar-refractivity contribution in [1.29, 1.82) is 0 Å². The number of aliphatic hydroxyl groups excluding tert-OH is 1. The second-order valence-corrected chi connectivity index (χ2v) is 5.76. The molecule has 1 saturated carbocycles. The van der Waals surface area contributed by atoms with Crippen molar-refractivity contribution in [1.82, 2.24) is 4.90 Å². The Balaban J connectivity index is 1.83. The Bertz CT molecular complexity index is 483. The minimum absolute atomic E-state index is 0.0279. The molecule has 1 aliphatic carbocycles. The molecule has 0 aliphatic heterocycles. The first-order valence-electron chi connectivity index (χ1n) is 7.72. The second kappa shape index (κ2) is 7.46. The molecule has 0 spiro atoms. The standard InChI is InChI=1S/C17H25NO3/c1-13-6-7-14(2)16(12-13)21-11-8-17(20)18(9-10-19)15-4-3-5-15/h6-7,12,15,19H,3-5,8-11H2,1-2H3. The van der Waals surface area contributed by atoms with Gasteiger partial charge >= 0.3 is 0 Å². The molecule has 4 heteroatoms. The van der Waals surface area contributed by atoms with Crippen molar-refractivity contribution in [3.8, 4) is 5.75 Å². The molecule has 1 aliphatic rings. The number of hydrogen-bond acceptors (Lipinski definition) is 3. The van der Waals surface area contributed by atoms with Crippen molar-refractivity contribution in [2.45, 2.75) is 45.6 Å². The summed E-state index contributed by atoms with van der Waals surface area (Å²) in [5.41, 5.74) is 2.23. The van der Waals surface area contributed by atoms with E-state index in [-0.39, 0.29) is 12.5 Å². The molecule has 0 atom stereocenters. The monoisotopic (exact) mass is 291 g/mol. The maximum atomic E-state index is 12.2. The molecule has 1 amide bonds. The summed E-state index contributed by atoms with van der Waals surface area (Å²) < 4.78 is 5.74. The average molecular weight is 291 g/mol. The highest BCUT2D eigenvalue weighted by Gasteiger charge is 2.27. The number of carbonyl (C=O) groups is 1. The Labute approximate surface area is 126 Å². The number of rotatable bonds is 7. The number of amides is 1. The number of aliphatic hydroxyl groups is 1. The summed E-state index contributed by atoms with van der Waals surface area (Å²) in [6.07, 6.45) is 3.66. The van der Waals surface area contributed by atoms with Crippen molar-refractivity contribution < 1.29 is 14.6 Å². The van der Waals surface area contributed by atoms with Gasteiger partial charge in [-0.05, 0) is 50.3 Å². The molecule has 0 unspecified atom stereocenters. The summed E-state index contributed by atoms with van der Waals surface area (Å²) in [7, 11) is 0. The van der Waals surface area contributed by atoms with E-state index >= 15 is 0 Å². The van der Waals surface area contributed by atoms with Crippen LogP contribution in [0.5, 0.6) is 5.75 Å². The zero-order valence-corrected chi connectivity index (χ0v) is 13.0. The van der Waals surface area contributed by atoms with Gasteiger partial charge in [-0.2, -0.15) is 0 Å². The van der Waals surface area contributed by atoms with E-state index < -0.39 is 0 Å². The molecule has 0 radical (unpaired) electrons. The number of nitrogens with zero attached hydrogens (tertiary/aromatic N) is 1. The maximum Gasteiger partial charge on any atom is 0.226 e. The molecular formula is C17H25NO3. The van der Waals surface area contributed by atoms with Crippen LogP contribution < -0.4 is 4.74 Å². The van der Waals surface area contributed by atoms with Crippen LogP contribution in [0.4, 0.5) is 0 Å². The number of hydrogen-bond donors (Lipinski definition) is 1. The van der Waals surface area contributed by atoms with Crippen molar-refractivity contribution in [3.63, 3.8) is 0 Å². The highest BCUT2D eigenvalue weighted by molar-refractivity contribution is 5.76. The maximum absolute atomic E-state index is 12.2. The topological polar surface area (TPSA) is 49.8 Å². The predicted octanol–water partition coefficient (Wildman–Crippen LogP) is 2.45. The largest absolute Gasteiger partial charge is 0.493 e. The van der Waals surface area contributed by atoms with Gasteiger partial charge in [-0.3, -0.25) is 4.79 Å². The molecule has 1 aromatic rings. The molecule has 1 aromatic carbocycles. The summed E-state index contributed by atoms with van der Waals surface area (Å²) in [5, 5.41) is 9.10. The quantitative estimate of drug-likeness (QED) is 0.839. The van der Waals surface area contributed by atoms with Crippen molar-refractivity contribution >= 4 is 5.91 Å². The van der Waals surface area contributed by atoms with Gasteiger partial charge in [0.2, 0.25) is 5.91 Å². The molecule has 116 valence electrons. The van der Waals surface area contributed by atoms with Crippen molar-refractivity contribution in [3.05, 3.63) is 29.3 Å². The third kappa shape index (κ3) is 4.21. The van der Waals surface area contributed by atoms with Gasteiger partial charge in [0.1, 0.15) is 5.75 Å². The van der Waals surface area contributed by atoms with Crippen LogP contribution in [0.15, 0.2) is 18.2 Å². The van der Waals surface area contributed by atoms with E-state index in [1.54, 1.807) is 0 Å². The number of carbonyl (C=O) groups excluding carboxylic acids is 1. The van der Waals surface area contributed by atoms with Gasteiger partial charge in [0.05, 0.1) is 19.6 Å². The molecule has 1 N–H and O–H groups in total. The minimum Gasteiger partial charge on any atom is -0.493 e. The van der Waals surface area contributed by atoms with Gasteiger partial charge in [-0.25, -0.2) is 0 Å². The van der Waals surface area contributed by atoms with Crippen LogP contribution in [0.2, 0.25) is 0 Å². The summed E-state index contributed by atoms with van der Waals surface area (Å²) in [5.74, 6) is 0.930. The van der Waals surface area contributed by atoms with Gasteiger partial charge in [0.15, 0.2) is 0 Å². The van der Waals surface area contributed by atoms with E-state index in [4.69, 9.17) is 9.84 Å². The van der Waals surface area contributed by atoms with E-state index in [2.05, 4.69) is 0 Å². The predicted molar refractivity (Wildman–Crippen MR) is 82.5 cm³/mol. The molecular weight excluding hydrogens is 266 g/mol. The van der Waals surface area contributed by atoms with Gasteiger partial charge in [-0.15, -0.1) is 0 Å². The van der Waals surface area contributed by atoms with Crippen LogP contribution in [0.3, 0.4) is 0 Å². The summed E-state index contributed by atoms with van der Waals surface area (Å²) in [6.45, 7) is 4.88. The molecule has 0 aromatic heterocycles. The smallest absolute Gasteiger partial charge is 0.226 e. The Morgan fingerprint density at radius 2 is 2.14 bits per heavy atom. The fourth-order valence-electron chi connectivity index (χ4n) is 2.57. The fraction of sp³-hybridized carbons (Fsp3) is 0.588. The average Bonchev–Trinajstić information content (AvgIpc) is 2.40. The summed E-state index contributed by atoms with van der Waals surface area (Å²) in [4.78, 5) is 14.1. The zero-order valence-electron chi connectivity index (χ0n) is 13.0. The van der Waals surface area contributed by atoms with Gasteiger partial charge in [0, 0.05) is 12.6 Å². The fourth-order valence-corrected chi connectivity index (χ4v) is 2.57. The van der Waals surface area contributed by atoms with Gasteiger partial charge in [-0.1, -0.05) is 12.1 Å². The lowest BCUT2D eigenvalue weighted by Crippen LogP contribution is -2.46. The van der Waals surface area contributed by atoms with E-state index in [0.29, 0.717) is 25.6 Å². The number of ether oxygens (including phenoxy) is 1. The van der Waals surface area contributed by atoms with E-state index in [1.807, 2.05) is 36.9 Å². The van der Waals surface area contributed by atoms with Crippen LogP contribution in [0.1, 0.15) is 36.8 Å². The van der Waals surface area contributed by atoms with Gasteiger partial charge < -0.3 is 14.7 Å². The first-order valence-corrected chi connectivity index (χ1v) is 7.72. The Kier molecular flexibility index (Phi) is 5.62. The summed E-state index contributed by atoms with van der Waals surface area (Å²) >= 11 is 0. The second-order valence-electron chi connectivity index (χ2n) is 5.76. The van der Waals surface area contributed by atoms with E-state index in [1.165, 1.54) is 6.42 Å². The normalized spacial score (nSPS) is 14.6. The van der Waals surface area contributed by atoms with Gasteiger partial charge in [0.25, 0.3) is 0 Å². The third-order valence-corrected chi connectivity index (χ3v) is 4.09. The molecule has 4 nitrogen and oxygen atoms in total. The lowest BCUT2D eigenvalue weighted by atomic mass is 9.91. The molecule has 2 rings (SSSR count).